The summed E-state index contributed by atoms with van der Waals surface area (Å²) in [5, 5.41) is 3.08. The van der Waals surface area contributed by atoms with Crippen molar-refractivity contribution in [3.63, 3.8) is 0 Å². The lowest BCUT2D eigenvalue weighted by molar-refractivity contribution is 0.194. The zero-order valence-corrected chi connectivity index (χ0v) is 18.2. The number of nitrogens with zero attached hydrogens (tertiary/aromatic N) is 2. The molecule has 0 unspecified atom stereocenters. The summed E-state index contributed by atoms with van der Waals surface area (Å²) < 4.78 is 7.51. The van der Waals surface area contributed by atoms with Crippen LogP contribution in [0.4, 0.5) is 10.5 Å². The summed E-state index contributed by atoms with van der Waals surface area (Å²) in [5.74, 6) is 0.702. The van der Waals surface area contributed by atoms with E-state index in [0.717, 1.165) is 22.5 Å². The highest BCUT2D eigenvalue weighted by molar-refractivity contribution is 5.90. The Labute approximate surface area is 187 Å². The molecule has 0 fully saturated rings. The number of carbonyl (C=O) groups is 1. The van der Waals surface area contributed by atoms with E-state index >= 15 is 0 Å². The van der Waals surface area contributed by atoms with Gasteiger partial charge in [-0.05, 0) is 48.4 Å². The van der Waals surface area contributed by atoms with Gasteiger partial charge in [0.15, 0.2) is 0 Å². The first kappa shape index (κ1) is 19.9. The fraction of sp³-hybridized carbons (Fsp3) is 0.148. The molecular formula is C27H25N3O2. The third-order valence-corrected chi connectivity index (χ3v) is 5.94. The Bertz CT molecular complexity index is 1260. The SMILES string of the molecule is COc1cccc(NC(=O)N2Cc3ccccc3-n3cccc3[C@@H]2c2ccc(C)cc2)c1. The summed E-state index contributed by atoms with van der Waals surface area (Å²) >= 11 is 0. The maximum Gasteiger partial charge on any atom is 0.322 e. The lowest BCUT2D eigenvalue weighted by Gasteiger charge is -2.31. The molecule has 3 aromatic carbocycles. The second-order valence-corrected chi connectivity index (χ2v) is 8.03. The molecule has 0 saturated carbocycles. The molecule has 5 heteroatoms. The topological polar surface area (TPSA) is 46.5 Å². The Morgan fingerprint density at radius 2 is 1.78 bits per heavy atom. The van der Waals surface area contributed by atoms with Gasteiger partial charge in [0, 0.05) is 23.6 Å². The number of hydrogen-bond donors (Lipinski definition) is 1. The number of ether oxygens (including phenoxy) is 1. The van der Waals surface area contributed by atoms with Gasteiger partial charge in [0.05, 0.1) is 25.4 Å². The number of rotatable bonds is 3. The van der Waals surface area contributed by atoms with Gasteiger partial charge >= 0.3 is 6.03 Å². The first-order chi connectivity index (χ1) is 15.6. The number of aryl methyl sites for hydroxylation is 1. The molecule has 2 heterocycles. The maximum absolute atomic E-state index is 13.7. The smallest absolute Gasteiger partial charge is 0.322 e. The van der Waals surface area contributed by atoms with Crippen molar-refractivity contribution in [3.05, 3.63) is 114 Å². The number of fused-ring (bicyclic) bond motifs is 3. The highest BCUT2D eigenvalue weighted by Crippen LogP contribution is 2.37. The van der Waals surface area contributed by atoms with E-state index in [4.69, 9.17) is 4.74 Å². The fourth-order valence-corrected chi connectivity index (χ4v) is 4.33. The molecule has 0 saturated heterocycles. The average Bonchev–Trinajstić information content (AvgIpc) is 3.24. The Hall–Kier alpha value is -3.99. The van der Waals surface area contributed by atoms with Gasteiger partial charge in [-0.1, -0.05) is 54.1 Å². The predicted molar refractivity (Wildman–Crippen MR) is 126 cm³/mol. The van der Waals surface area contributed by atoms with Crippen molar-refractivity contribution in [3.8, 4) is 11.4 Å². The quantitative estimate of drug-likeness (QED) is 0.444. The molecule has 2 amide bonds. The van der Waals surface area contributed by atoms with E-state index < -0.39 is 0 Å². The molecule has 4 aromatic rings. The molecule has 32 heavy (non-hydrogen) atoms. The number of methoxy groups -OCH3 is 1. The molecule has 5 nitrogen and oxygen atoms in total. The zero-order valence-electron chi connectivity index (χ0n) is 18.2. The van der Waals surface area contributed by atoms with Crippen LogP contribution in [0.1, 0.15) is 28.4 Å². The summed E-state index contributed by atoms with van der Waals surface area (Å²) in [5.41, 5.74) is 6.21. The lowest BCUT2D eigenvalue weighted by atomic mass is 10.0. The number of amides is 2. The molecule has 1 N–H and O–H groups in total. The van der Waals surface area contributed by atoms with Crippen LogP contribution in [0.2, 0.25) is 0 Å². The Morgan fingerprint density at radius 3 is 2.59 bits per heavy atom. The van der Waals surface area contributed by atoms with E-state index in [2.05, 4.69) is 65.5 Å². The van der Waals surface area contributed by atoms with Gasteiger partial charge in [0.1, 0.15) is 5.75 Å². The van der Waals surface area contributed by atoms with Crippen molar-refractivity contribution >= 4 is 11.7 Å². The van der Waals surface area contributed by atoms with Crippen LogP contribution in [0, 0.1) is 6.92 Å². The lowest BCUT2D eigenvalue weighted by Crippen LogP contribution is -2.37. The summed E-state index contributed by atoms with van der Waals surface area (Å²) in [6.45, 7) is 2.56. The summed E-state index contributed by atoms with van der Waals surface area (Å²) in [6.07, 6.45) is 2.07. The molecule has 0 radical (unpaired) electrons. The van der Waals surface area contributed by atoms with Crippen LogP contribution in [-0.4, -0.2) is 22.6 Å². The second kappa shape index (κ2) is 8.27. The number of nitrogens with one attached hydrogen (secondary N) is 1. The van der Waals surface area contributed by atoms with Crippen LogP contribution in [0.15, 0.2) is 91.1 Å². The van der Waals surface area contributed by atoms with E-state index in [1.807, 2.05) is 47.4 Å². The number of hydrogen-bond acceptors (Lipinski definition) is 2. The van der Waals surface area contributed by atoms with Crippen molar-refractivity contribution in [1.29, 1.82) is 0 Å². The zero-order chi connectivity index (χ0) is 22.1. The van der Waals surface area contributed by atoms with E-state index in [1.54, 1.807) is 7.11 Å². The van der Waals surface area contributed by atoms with Crippen molar-refractivity contribution in [2.75, 3.05) is 12.4 Å². The van der Waals surface area contributed by atoms with E-state index in [1.165, 1.54) is 5.56 Å². The summed E-state index contributed by atoms with van der Waals surface area (Å²) in [6, 6.07) is 27.8. The first-order valence-corrected chi connectivity index (χ1v) is 10.7. The minimum absolute atomic E-state index is 0.159. The highest BCUT2D eigenvalue weighted by Gasteiger charge is 2.33. The van der Waals surface area contributed by atoms with Gasteiger partial charge in [-0.25, -0.2) is 4.79 Å². The Kier molecular flexibility index (Phi) is 5.15. The van der Waals surface area contributed by atoms with Crippen molar-refractivity contribution < 1.29 is 9.53 Å². The normalized spacial score (nSPS) is 14.8. The number of anilines is 1. The van der Waals surface area contributed by atoms with Crippen LogP contribution in [0.3, 0.4) is 0 Å². The highest BCUT2D eigenvalue weighted by atomic mass is 16.5. The summed E-state index contributed by atoms with van der Waals surface area (Å²) in [4.78, 5) is 15.6. The second-order valence-electron chi connectivity index (χ2n) is 8.03. The molecule has 5 rings (SSSR count). The molecule has 1 aromatic heterocycles. The van der Waals surface area contributed by atoms with E-state index in [9.17, 15) is 4.79 Å². The molecule has 160 valence electrons. The van der Waals surface area contributed by atoms with Crippen LogP contribution in [0.5, 0.6) is 5.75 Å². The standard InChI is InChI=1S/C27H25N3O2/c1-19-12-14-20(15-13-19)26-25-11-6-16-29(25)24-10-4-3-7-21(24)18-30(26)27(31)28-22-8-5-9-23(17-22)32-2/h3-17,26H,18H2,1-2H3,(H,28,31)/t26-/m0/s1. The number of para-hydroxylation sites is 1. The van der Waals surface area contributed by atoms with E-state index in [-0.39, 0.29) is 12.1 Å². The molecule has 0 spiro atoms. The van der Waals surface area contributed by atoms with Crippen LogP contribution in [-0.2, 0) is 6.54 Å². The number of carbonyl (C=O) groups excluding carboxylic acids is 1. The van der Waals surface area contributed by atoms with Gasteiger partial charge in [-0.3, -0.25) is 0 Å². The molecule has 0 bridgehead atoms. The Balaban J connectivity index is 1.61. The van der Waals surface area contributed by atoms with Gasteiger partial charge in [-0.15, -0.1) is 0 Å². The minimum atomic E-state index is -0.233. The molecule has 1 aliphatic heterocycles. The van der Waals surface area contributed by atoms with Gasteiger partial charge < -0.3 is 19.5 Å². The molecular weight excluding hydrogens is 398 g/mol. The molecule has 0 aliphatic carbocycles. The average molecular weight is 424 g/mol. The largest absolute Gasteiger partial charge is 0.497 e. The van der Waals surface area contributed by atoms with Crippen LogP contribution < -0.4 is 10.1 Å². The molecule has 1 aliphatic rings. The monoisotopic (exact) mass is 423 g/mol. The number of aromatic nitrogens is 1. The van der Waals surface area contributed by atoms with E-state index in [0.29, 0.717) is 18.0 Å². The van der Waals surface area contributed by atoms with Gasteiger partial charge in [0.25, 0.3) is 0 Å². The summed E-state index contributed by atoms with van der Waals surface area (Å²) in [7, 11) is 1.62. The third-order valence-electron chi connectivity index (χ3n) is 5.94. The predicted octanol–water partition coefficient (Wildman–Crippen LogP) is 5.93. The maximum atomic E-state index is 13.7. The van der Waals surface area contributed by atoms with Gasteiger partial charge in [-0.2, -0.15) is 0 Å². The minimum Gasteiger partial charge on any atom is -0.497 e. The number of urea groups is 1. The van der Waals surface area contributed by atoms with Crippen LogP contribution >= 0.6 is 0 Å². The van der Waals surface area contributed by atoms with Crippen molar-refractivity contribution in [2.24, 2.45) is 0 Å². The van der Waals surface area contributed by atoms with Crippen LogP contribution in [0.25, 0.3) is 5.69 Å². The Morgan fingerprint density at radius 1 is 0.969 bits per heavy atom. The fourth-order valence-electron chi connectivity index (χ4n) is 4.33. The number of benzene rings is 3. The van der Waals surface area contributed by atoms with Crippen molar-refractivity contribution in [2.45, 2.75) is 19.5 Å². The molecule has 1 atom stereocenters. The first-order valence-electron chi connectivity index (χ1n) is 10.7. The third kappa shape index (κ3) is 3.62. The van der Waals surface area contributed by atoms with Gasteiger partial charge in [0.2, 0.25) is 0 Å². The van der Waals surface area contributed by atoms with Crippen molar-refractivity contribution in [1.82, 2.24) is 9.47 Å².